The Kier molecular flexibility index (Phi) is 12.4. The molecule has 0 aromatic heterocycles. The second-order valence-electron chi connectivity index (χ2n) is 5.95. The molecule has 0 heterocycles. The van der Waals surface area contributed by atoms with E-state index in [0.29, 0.717) is 13.0 Å². The monoisotopic (exact) mass is 302 g/mol. The Hall–Kier alpha value is -0.180. The predicted molar refractivity (Wildman–Crippen MR) is 90.5 cm³/mol. The first-order chi connectivity index (χ1) is 9.54. The number of thiol groups is 1. The number of rotatable bonds is 13. The normalized spacial score (nSPS) is 14.0. The Labute approximate surface area is 131 Å². The van der Waals surface area contributed by atoms with Crippen LogP contribution in [0.15, 0.2) is 0 Å². The maximum Gasteiger partial charge on any atom is 0.321 e. The Morgan fingerprint density at radius 1 is 0.900 bits per heavy atom. The lowest BCUT2D eigenvalue weighted by Gasteiger charge is -2.19. The van der Waals surface area contributed by atoms with Crippen LogP contribution in [0.1, 0.15) is 91.4 Å². The number of hydrogen-bond donors (Lipinski definition) is 1. The van der Waals surface area contributed by atoms with Gasteiger partial charge in [-0.3, -0.25) is 4.79 Å². The van der Waals surface area contributed by atoms with Crippen LogP contribution in [0.3, 0.4) is 0 Å². The number of esters is 1. The van der Waals surface area contributed by atoms with Gasteiger partial charge >= 0.3 is 5.97 Å². The third-order valence-corrected chi connectivity index (χ3v) is 4.36. The van der Waals surface area contributed by atoms with Crippen LogP contribution in [0.4, 0.5) is 0 Å². The maximum atomic E-state index is 11.7. The molecule has 0 aliphatic rings. The fourth-order valence-electron chi connectivity index (χ4n) is 2.05. The number of carbonyl (C=O) groups excluding carboxylic acids is 1. The summed E-state index contributed by atoms with van der Waals surface area (Å²) in [4.78, 5) is 11.7. The first-order valence-electron chi connectivity index (χ1n) is 8.44. The van der Waals surface area contributed by atoms with E-state index in [-0.39, 0.29) is 5.97 Å². The molecule has 0 aliphatic carbocycles. The van der Waals surface area contributed by atoms with Gasteiger partial charge in [-0.15, -0.1) is 0 Å². The minimum Gasteiger partial charge on any atom is -0.465 e. The lowest BCUT2D eigenvalue weighted by atomic mass is 10.1. The third kappa shape index (κ3) is 10.6. The van der Waals surface area contributed by atoms with Crippen molar-refractivity contribution in [2.75, 3.05) is 6.61 Å². The second-order valence-corrected chi connectivity index (χ2v) is 6.93. The average molecular weight is 303 g/mol. The van der Waals surface area contributed by atoms with Crippen LogP contribution >= 0.6 is 12.6 Å². The summed E-state index contributed by atoms with van der Waals surface area (Å²) in [6.45, 7) is 6.57. The Morgan fingerprint density at radius 2 is 1.35 bits per heavy atom. The quantitative estimate of drug-likeness (QED) is 0.274. The van der Waals surface area contributed by atoms with E-state index >= 15 is 0 Å². The number of carbonyl (C=O) groups is 1. The van der Waals surface area contributed by atoms with Gasteiger partial charge in [0.05, 0.1) is 6.61 Å². The molecule has 2 nitrogen and oxygen atoms in total. The smallest absolute Gasteiger partial charge is 0.321 e. The van der Waals surface area contributed by atoms with Crippen molar-refractivity contribution in [2.24, 2.45) is 0 Å². The molecule has 1 unspecified atom stereocenters. The summed E-state index contributed by atoms with van der Waals surface area (Å²) in [5.41, 5.74) is 0. The fourth-order valence-corrected chi connectivity index (χ4v) is 2.12. The van der Waals surface area contributed by atoms with E-state index in [1.807, 2.05) is 13.8 Å². The Morgan fingerprint density at radius 3 is 1.80 bits per heavy atom. The molecule has 0 saturated carbocycles. The van der Waals surface area contributed by atoms with Gasteiger partial charge in [0.1, 0.15) is 4.75 Å². The highest BCUT2D eigenvalue weighted by Crippen LogP contribution is 2.20. The molecule has 0 fully saturated rings. The Bertz CT molecular complexity index is 239. The van der Waals surface area contributed by atoms with Gasteiger partial charge in [0.15, 0.2) is 0 Å². The van der Waals surface area contributed by atoms with Crippen LogP contribution in [0.2, 0.25) is 0 Å². The molecule has 0 saturated heterocycles. The minimum atomic E-state index is -0.626. The van der Waals surface area contributed by atoms with Crippen molar-refractivity contribution >= 4 is 18.6 Å². The molecule has 0 amide bonds. The molecule has 0 N–H and O–H groups in total. The maximum absolute atomic E-state index is 11.7. The van der Waals surface area contributed by atoms with Crippen LogP contribution in [0.5, 0.6) is 0 Å². The summed E-state index contributed by atoms with van der Waals surface area (Å²) >= 11 is 4.31. The van der Waals surface area contributed by atoms with Gasteiger partial charge < -0.3 is 4.74 Å². The van der Waals surface area contributed by atoms with E-state index < -0.39 is 4.75 Å². The van der Waals surface area contributed by atoms with Crippen molar-refractivity contribution in [3.05, 3.63) is 0 Å². The van der Waals surface area contributed by atoms with Crippen molar-refractivity contribution in [1.29, 1.82) is 0 Å². The highest BCUT2D eigenvalue weighted by Gasteiger charge is 2.27. The molecule has 0 spiro atoms. The van der Waals surface area contributed by atoms with Crippen molar-refractivity contribution < 1.29 is 9.53 Å². The first-order valence-corrected chi connectivity index (χ1v) is 8.89. The summed E-state index contributed by atoms with van der Waals surface area (Å²) in [7, 11) is 0. The second kappa shape index (κ2) is 12.6. The number of ether oxygens (including phenoxy) is 1. The zero-order valence-electron chi connectivity index (χ0n) is 13.7. The third-order valence-electron chi connectivity index (χ3n) is 3.86. The molecule has 120 valence electrons. The van der Waals surface area contributed by atoms with Gasteiger partial charge in [0, 0.05) is 0 Å². The highest BCUT2D eigenvalue weighted by molar-refractivity contribution is 7.82. The van der Waals surface area contributed by atoms with E-state index in [1.54, 1.807) is 0 Å². The van der Waals surface area contributed by atoms with E-state index in [4.69, 9.17) is 4.74 Å². The summed E-state index contributed by atoms with van der Waals surface area (Å²) in [6, 6.07) is 0. The number of hydrogen-bond acceptors (Lipinski definition) is 3. The van der Waals surface area contributed by atoms with E-state index in [0.717, 1.165) is 12.8 Å². The zero-order chi connectivity index (χ0) is 15.3. The van der Waals surface area contributed by atoms with Gasteiger partial charge in [0.25, 0.3) is 0 Å². The molecule has 0 bridgehead atoms. The lowest BCUT2D eigenvalue weighted by molar-refractivity contribution is -0.146. The predicted octanol–water partition coefficient (Wildman–Crippen LogP) is 5.55. The van der Waals surface area contributed by atoms with E-state index in [2.05, 4.69) is 19.6 Å². The standard InChI is InChI=1S/C17H34O2S/c1-4-6-7-8-9-10-11-12-13-14-15-19-16(18)17(3,20)5-2/h20H,4-15H2,1-3H3. The molecule has 1 atom stereocenters. The molecule has 3 heteroatoms. The molecule has 0 rings (SSSR count). The van der Waals surface area contributed by atoms with Crippen LogP contribution in [-0.4, -0.2) is 17.3 Å². The van der Waals surface area contributed by atoms with Gasteiger partial charge in [-0.1, -0.05) is 71.6 Å². The van der Waals surface area contributed by atoms with Crippen LogP contribution in [0.25, 0.3) is 0 Å². The van der Waals surface area contributed by atoms with Gasteiger partial charge in [-0.05, 0) is 19.8 Å². The molecule has 0 aromatic rings. The molecule has 0 aromatic carbocycles. The Balaban J connectivity index is 3.27. The van der Waals surface area contributed by atoms with E-state index in [9.17, 15) is 4.79 Å². The summed E-state index contributed by atoms with van der Waals surface area (Å²) in [5, 5.41) is 0. The van der Waals surface area contributed by atoms with Crippen LogP contribution < -0.4 is 0 Å². The first kappa shape index (κ1) is 19.8. The molecule has 0 radical (unpaired) electrons. The molecule has 20 heavy (non-hydrogen) atoms. The SMILES string of the molecule is CCCCCCCCCCCCOC(=O)C(C)(S)CC. The lowest BCUT2D eigenvalue weighted by Crippen LogP contribution is -2.30. The largest absolute Gasteiger partial charge is 0.465 e. The summed E-state index contributed by atoms with van der Waals surface area (Å²) in [5.74, 6) is -0.181. The summed E-state index contributed by atoms with van der Waals surface area (Å²) in [6.07, 6.45) is 13.7. The highest BCUT2D eigenvalue weighted by atomic mass is 32.1. The average Bonchev–Trinajstić information content (AvgIpc) is 2.44. The van der Waals surface area contributed by atoms with Gasteiger partial charge in [-0.25, -0.2) is 0 Å². The summed E-state index contributed by atoms with van der Waals surface area (Å²) < 4.78 is 4.63. The van der Waals surface area contributed by atoms with Gasteiger partial charge in [-0.2, -0.15) is 12.6 Å². The van der Waals surface area contributed by atoms with Crippen molar-refractivity contribution in [3.63, 3.8) is 0 Å². The molecular weight excluding hydrogens is 268 g/mol. The fraction of sp³-hybridized carbons (Fsp3) is 0.941. The van der Waals surface area contributed by atoms with E-state index in [1.165, 1.54) is 51.4 Å². The van der Waals surface area contributed by atoms with Crippen molar-refractivity contribution in [1.82, 2.24) is 0 Å². The molecule has 0 aliphatic heterocycles. The molecular formula is C17H34O2S. The van der Waals surface area contributed by atoms with Crippen molar-refractivity contribution in [3.8, 4) is 0 Å². The zero-order valence-corrected chi connectivity index (χ0v) is 14.6. The number of unbranched alkanes of at least 4 members (excludes halogenated alkanes) is 9. The van der Waals surface area contributed by atoms with Crippen molar-refractivity contribution in [2.45, 2.75) is 96.1 Å². The topological polar surface area (TPSA) is 26.3 Å². The minimum absolute atomic E-state index is 0.181. The van der Waals surface area contributed by atoms with Crippen LogP contribution in [-0.2, 0) is 9.53 Å². The van der Waals surface area contributed by atoms with Crippen LogP contribution in [0, 0.1) is 0 Å². The van der Waals surface area contributed by atoms with Gasteiger partial charge in [0.2, 0.25) is 0 Å².